The van der Waals surface area contributed by atoms with E-state index in [2.05, 4.69) is 84.0 Å². The van der Waals surface area contributed by atoms with E-state index in [1.165, 1.54) is 36.8 Å². The van der Waals surface area contributed by atoms with E-state index in [1.54, 1.807) is 41.5 Å². The Labute approximate surface area is 261 Å². The summed E-state index contributed by atoms with van der Waals surface area (Å²) in [5.74, 6) is 3.08. The largest absolute Gasteiger partial charge is 1.00 e. The first-order chi connectivity index (χ1) is 17.5. The minimum atomic E-state index is -0.911. The van der Waals surface area contributed by atoms with Crippen LogP contribution >= 0.6 is 0 Å². The van der Waals surface area contributed by atoms with Gasteiger partial charge < -0.3 is 24.8 Å². The van der Waals surface area contributed by atoms with Crippen molar-refractivity contribution in [2.75, 3.05) is 0 Å². The van der Waals surface area contributed by atoms with Crippen molar-refractivity contribution in [3.05, 3.63) is 73.6 Å². The van der Waals surface area contributed by atoms with E-state index in [-0.39, 0.29) is 35.6 Å². The zero-order valence-electron chi connectivity index (χ0n) is 24.7. The fourth-order valence-corrected chi connectivity index (χ4v) is 14.1. The van der Waals surface area contributed by atoms with Crippen LogP contribution in [0.3, 0.4) is 0 Å². The normalized spacial score (nSPS) is 28.1. The Hall–Kier alpha value is -0.617. The molecule has 0 heterocycles. The summed E-state index contributed by atoms with van der Waals surface area (Å²) in [5, 5.41) is 0. The predicted octanol–water partition coefficient (Wildman–Crippen LogP) is 3.00. The summed E-state index contributed by atoms with van der Waals surface area (Å²) in [5.41, 5.74) is 12.2. The van der Waals surface area contributed by atoms with Gasteiger partial charge in [-0.05, 0) is 0 Å². The molecule has 2 aromatic rings. The summed E-state index contributed by atoms with van der Waals surface area (Å²) in [6, 6.07) is 12.3. The second kappa shape index (κ2) is 10.3. The molecule has 0 atom stereocenters. The summed E-state index contributed by atoms with van der Waals surface area (Å²) in [6.45, 7) is 14.4. The van der Waals surface area contributed by atoms with Crippen molar-refractivity contribution < 1.29 is 48.0 Å². The van der Waals surface area contributed by atoms with E-state index in [0.717, 1.165) is 24.2 Å². The molecule has 4 saturated carbocycles. The standard InChI is InChI=1S/C21H25.C15H19.2ClH.Zr/c1-20(2,3)16-7-9-18-14(12-16)11-15-13-17(21(4,5)6)8-10-19(15)18;1-2-4-14(3-1)15-8-11-5-12(9-15)7-13(6-11)10-15;;;/h7-10,12H,11H2,1-6H3;1,3,11-13H,2,5-10H2;2*1H;/q;;;;+2/p-2. The van der Waals surface area contributed by atoms with Crippen LogP contribution in [-0.4, -0.2) is 0 Å². The summed E-state index contributed by atoms with van der Waals surface area (Å²) >= 11 is -0.911. The molecule has 6 aliphatic carbocycles. The Morgan fingerprint density at radius 2 is 1.38 bits per heavy atom. The molecular weight excluding hydrogens is 595 g/mol. The van der Waals surface area contributed by atoms with E-state index in [1.807, 2.05) is 12.1 Å². The quantitative estimate of drug-likeness (QED) is 0.414. The Bertz CT molecular complexity index is 1310. The monoisotopic (exact) mass is 636 g/mol. The second-order valence-corrected chi connectivity index (χ2v) is 18.7. The van der Waals surface area contributed by atoms with E-state index in [4.69, 9.17) is 0 Å². The molecule has 0 N–H and O–H groups in total. The maximum absolute atomic E-state index is 2.63. The summed E-state index contributed by atoms with van der Waals surface area (Å²) < 4.78 is 3.75. The van der Waals surface area contributed by atoms with Gasteiger partial charge in [0.1, 0.15) is 0 Å². The molecule has 2 aromatic carbocycles. The number of benzene rings is 2. The maximum Gasteiger partial charge on any atom is -1.00 e. The molecular formula is C36H44Cl2Zr. The molecule has 6 aliphatic rings. The third-order valence-electron chi connectivity index (χ3n) is 10.6. The molecule has 0 aliphatic heterocycles. The first-order valence-electron chi connectivity index (χ1n) is 15.0. The van der Waals surface area contributed by atoms with Gasteiger partial charge in [-0.15, -0.1) is 0 Å². The summed E-state index contributed by atoms with van der Waals surface area (Å²) in [6.07, 6.45) is 16.7. The van der Waals surface area contributed by atoms with Gasteiger partial charge in [0.15, 0.2) is 0 Å². The van der Waals surface area contributed by atoms with Crippen LogP contribution in [0.2, 0.25) is 0 Å². The number of hydrogen-bond acceptors (Lipinski definition) is 0. The fraction of sp³-hybridized carbons (Fsp3) is 0.556. The zero-order chi connectivity index (χ0) is 25.7. The van der Waals surface area contributed by atoms with Crippen LogP contribution in [-0.2, 0) is 40.5 Å². The first-order valence-corrected chi connectivity index (χ1v) is 17.4. The predicted molar refractivity (Wildman–Crippen MR) is 153 cm³/mol. The van der Waals surface area contributed by atoms with Crippen LogP contribution in [0.5, 0.6) is 0 Å². The van der Waals surface area contributed by atoms with Gasteiger partial charge in [-0.3, -0.25) is 0 Å². The van der Waals surface area contributed by atoms with Gasteiger partial charge >= 0.3 is 238 Å². The van der Waals surface area contributed by atoms with E-state index < -0.39 is 23.2 Å². The van der Waals surface area contributed by atoms with Gasteiger partial charge in [0.2, 0.25) is 0 Å². The van der Waals surface area contributed by atoms with Gasteiger partial charge in [0.05, 0.1) is 0 Å². The molecule has 3 heteroatoms. The Kier molecular flexibility index (Phi) is 7.87. The summed E-state index contributed by atoms with van der Waals surface area (Å²) in [7, 11) is 0. The van der Waals surface area contributed by atoms with Gasteiger partial charge in [-0.25, -0.2) is 0 Å². The minimum absolute atomic E-state index is 0. The van der Waals surface area contributed by atoms with Crippen molar-refractivity contribution in [2.45, 2.75) is 104 Å². The molecule has 206 valence electrons. The number of halogens is 2. The number of rotatable bonds is 3. The molecule has 0 unspecified atom stereocenters. The molecule has 4 fully saturated rings. The number of fused-ring (bicyclic) bond motifs is 3. The van der Waals surface area contributed by atoms with Crippen LogP contribution in [0.4, 0.5) is 0 Å². The molecule has 39 heavy (non-hydrogen) atoms. The minimum Gasteiger partial charge on any atom is -1.00 e. The molecule has 0 nitrogen and oxygen atoms in total. The van der Waals surface area contributed by atoms with Gasteiger partial charge in [-0.1, -0.05) is 0 Å². The van der Waals surface area contributed by atoms with Crippen molar-refractivity contribution in [3.63, 3.8) is 0 Å². The Morgan fingerprint density at radius 3 is 1.97 bits per heavy atom. The average Bonchev–Trinajstić information content (AvgIpc) is 3.41. The van der Waals surface area contributed by atoms with Crippen molar-refractivity contribution in [3.8, 4) is 11.1 Å². The Balaban J connectivity index is 0.00000154. The molecule has 0 spiro atoms. The third kappa shape index (κ3) is 5.04. The van der Waals surface area contributed by atoms with Gasteiger partial charge in [-0.2, -0.15) is 0 Å². The molecule has 0 aromatic heterocycles. The maximum atomic E-state index is 2.63. The molecule has 8 rings (SSSR count). The fourth-order valence-electron chi connectivity index (χ4n) is 9.22. The SMILES string of the molecule is CC(C)(C)c1ccc2c(c1)Cc1c-2ccc(C(C)(C)C)[c]1[Zr+2][C]1=C(C23CC4CC(CC(C4)C2)C3)C=CC1.[Cl-].[Cl-]. The van der Waals surface area contributed by atoms with Crippen LogP contribution in [0.15, 0.2) is 51.3 Å². The summed E-state index contributed by atoms with van der Waals surface area (Å²) in [4.78, 5) is 0. The number of hydrogen-bond donors (Lipinski definition) is 0. The van der Waals surface area contributed by atoms with Crippen molar-refractivity contribution in [1.82, 2.24) is 0 Å². The van der Waals surface area contributed by atoms with Crippen LogP contribution in [0.25, 0.3) is 11.1 Å². The van der Waals surface area contributed by atoms with Crippen molar-refractivity contribution in [1.29, 1.82) is 0 Å². The molecule has 0 radical (unpaired) electrons. The van der Waals surface area contributed by atoms with Crippen LogP contribution in [0.1, 0.15) is 109 Å². The molecule has 0 saturated heterocycles. The van der Waals surface area contributed by atoms with E-state index in [9.17, 15) is 0 Å². The van der Waals surface area contributed by atoms with Crippen LogP contribution < -0.4 is 28.1 Å². The van der Waals surface area contributed by atoms with Crippen molar-refractivity contribution >= 4 is 3.27 Å². The Morgan fingerprint density at radius 1 is 0.769 bits per heavy atom. The topological polar surface area (TPSA) is 0 Å². The van der Waals surface area contributed by atoms with E-state index in [0.29, 0.717) is 5.41 Å². The molecule has 0 amide bonds. The smallest absolute Gasteiger partial charge is 1.00 e. The van der Waals surface area contributed by atoms with Gasteiger partial charge in [0.25, 0.3) is 0 Å². The first kappa shape index (κ1) is 29.9. The zero-order valence-corrected chi connectivity index (χ0v) is 28.7. The number of allylic oxidation sites excluding steroid dienone is 4. The van der Waals surface area contributed by atoms with Crippen molar-refractivity contribution in [2.24, 2.45) is 23.2 Å². The second-order valence-electron chi connectivity index (χ2n) is 15.4. The van der Waals surface area contributed by atoms with E-state index >= 15 is 0 Å². The third-order valence-corrected chi connectivity index (χ3v) is 14.5. The average molecular weight is 639 g/mol. The molecule has 4 bridgehead atoms. The van der Waals surface area contributed by atoms with Crippen LogP contribution in [0, 0.1) is 23.2 Å². The van der Waals surface area contributed by atoms with Gasteiger partial charge in [0, 0.05) is 0 Å².